The summed E-state index contributed by atoms with van der Waals surface area (Å²) in [4.78, 5) is 11.8. The van der Waals surface area contributed by atoms with Gasteiger partial charge in [0.15, 0.2) is 0 Å². The van der Waals surface area contributed by atoms with Crippen LogP contribution in [0.2, 0.25) is 0 Å². The Labute approximate surface area is 108 Å². The number of amides is 1. The van der Waals surface area contributed by atoms with Crippen LogP contribution in [0.4, 0.5) is 5.69 Å². The normalized spacial score (nSPS) is 16.2. The van der Waals surface area contributed by atoms with E-state index in [1.807, 2.05) is 19.1 Å². The van der Waals surface area contributed by atoms with Gasteiger partial charge in [0.2, 0.25) is 5.91 Å². The minimum atomic E-state index is 0.108. The van der Waals surface area contributed by atoms with Crippen molar-refractivity contribution < 1.29 is 4.79 Å². The van der Waals surface area contributed by atoms with Crippen LogP contribution in [0.15, 0.2) is 24.3 Å². The molecule has 1 atom stereocenters. The molecule has 2 rings (SSSR count). The van der Waals surface area contributed by atoms with Crippen LogP contribution in [0.3, 0.4) is 0 Å². The van der Waals surface area contributed by atoms with E-state index in [1.165, 1.54) is 5.56 Å². The van der Waals surface area contributed by atoms with Gasteiger partial charge in [-0.25, -0.2) is 0 Å². The molecule has 1 unspecified atom stereocenters. The molecule has 3 heteroatoms. The quantitative estimate of drug-likeness (QED) is 0.627. The Morgan fingerprint density at radius 2 is 2.33 bits per heavy atom. The third-order valence-corrected chi connectivity index (χ3v) is 3.12. The number of para-hydroxylation sites is 1. The number of nitrogens with one attached hydrogen (secondary N) is 2. The van der Waals surface area contributed by atoms with Crippen LogP contribution >= 0.6 is 0 Å². The van der Waals surface area contributed by atoms with E-state index < -0.39 is 0 Å². The Hall–Kier alpha value is -1.95. The summed E-state index contributed by atoms with van der Waals surface area (Å²) in [5.41, 5.74) is 2.41. The van der Waals surface area contributed by atoms with Crippen molar-refractivity contribution in [3.8, 4) is 11.8 Å². The summed E-state index contributed by atoms with van der Waals surface area (Å²) in [6.45, 7) is 3.30. The first-order valence-electron chi connectivity index (χ1n) is 6.30. The molecule has 0 radical (unpaired) electrons. The second-order valence-corrected chi connectivity index (χ2v) is 4.40. The van der Waals surface area contributed by atoms with Gasteiger partial charge in [-0.15, -0.1) is 11.8 Å². The molecule has 0 spiro atoms. The van der Waals surface area contributed by atoms with E-state index >= 15 is 0 Å². The molecular formula is C15H18N2O. The minimum absolute atomic E-state index is 0.108. The molecular weight excluding hydrogens is 224 g/mol. The topological polar surface area (TPSA) is 41.1 Å². The van der Waals surface area contributed by atoms with E-state index in [9.17, 15) is 4.79 Å². The molecule has 0 aliphatic carbocycles. The second-order valence-electron chi connectivity index (χ2n) is 4.40. The third-order valence-electron chi connectivity index (χ3n) is 3.12. The molecule has 0 fully saturated rings. The summed E-state index contributed by atoms with van der Waals surface area (Å²) in [7, 11) is 0. The van der Waals surface area contributed by atoms with E-state index in [0.29, 0.717) is 18.9 Å². The number of fused-ring (bicyclic) bond motifs is 1. The van der Waals surface area contributed by atoms with Crippen molar-refractivity contribution in [1.82, 2.24) is 5.32 Å². The zero-order chi connectivity index (χ0) is 12.8. The van der Waals surface area contributed by atoms with Crippen molar-refractivity contribution in [2.75, 3.05) is 18.4 Å². The van der Waals surface area contributed by atoms with Gasteiger partial charge in [0.05, 0.1) is 0 Å². The van der Waals surface area contributed by atoms with Gasteiger partial charge in [-0.3, -0.25) is 4.79 Å². The number of carbonyl (C=O) groups is 1. The lowest BCUT2D eigenvalue weighted by atomic mass is 9.97. The molecule has 1 heterocycles. The van der Waals surface area contributed by atoms with E-state index in [2.05, 4.69) is 34.6 Å². The lowest BCUT2D eigenvalue weighted by Crippen LogP contribution is -2.26. The van der Waals surface area contributed by atoms with Gasteiger partial charge in [-0.1, -0.05) is 18.2 Å². The molecule has 2 N–H and O–H groups in total. The number of anilines is 1. The zero-order valence-corrected chi connectivity index (χ0v) is 10.6. The number of benzene rings is 1. The van der Waals surface area contributed by atoms with Crippen LogP contribution in [0.25, 0.3) is 0 Å². The first-order chi connectivity index (χ1) is 8.81. The number of hydrogen-bond donors (Lipinski definition) is 2. The Balaban J connectivity index is 1.83. The van der Waals surface area contributed by atoms with Crippen molar-refractivity contribution in [3.63, 3.8) is 0 Å². The fraction of sp³-hybridized carbons (Fsp3) is 0.400. The predicted octanol–water partition coefficient (Wildman–Crippen LogP) is 2.12. The Bertz CT molecular complexity index is 485. The van der Waals surface area contributed by atoms with Crippen molar-refractivity contribution in [2.24, 2.45) is 0 Å². The van der Waals surface area contributed by atoms with Crippen molar-refractivity contribution in [2.45, 2.75) is 25.7 Å². The molecule has 1 aromatic rings. The van der Waals surface area contributed by atoms with Gasteiger partial charge in [0, 0.05) is 37.5 Å². The van der Waals surface area contributed by atoms with Crippen LogP contribution < -0.4 is 10.6 Å². The van der Waals surface area contributed by atoms with Gasteiger partial charge in [-0.05, 0) is 18.6 Å². The predicted molar refractivity (Wildman–Crippen MR) is 73.4 cm³/mol. The van der Waals surface area contributed by atoms with Gasteiger partial charge in [0.1, 0.15) is 0 Å². The van der Waals surface area contributed by atoms with Crippen molar-refractivity contribution in [3.05, 3.63) is 29.8 Å². The number of carbonyl (C=O) groups excluding carboxylic acids is 1. The average molecular weight is 242 g/mol. The summed E-state index contributed by atoms with van der Waals surface area (Å²) >= 11 is 0. The fourth-order valence-electron chi connectivity index (χ4n) is 2.22. The largest absolute Gasteiger partial charge is 0.384 e. The summed E-state index contributed by atoms with van der Waals surface area (Å²) in [6.07, 6.45) is 1.27. The highest BCUT2D eigenvalue weighted by molar-refractivity contribution is 5.78. The standard InChI is InChI=1S/C15H18N2O/c1-2-3-6-9-16-15(18)10-12-11-17-14-8-5-4-7-13(12)14/h4-5,7-8,12,17H,6,9-11H2,1H3,(H,16,18). The SMILES string of the molecule is CC#CCCNC(=O)CC1CNc2ccccc21. The smallest absolute Gasteiger partial charge is 0.220 e. The lowest BCUT2D eigenvalue weighted by Gasteiger charge is -2.09. The van der Waals surface area contributed by atoms with Gasteiger partial charge in [0.25, 0.3) is 0 Å². The molecule has 1 aliphatic heterocycles. The monoisotopic (exact) mass is 242 g/mol. The summed E-state index contributed by atoms with van der Waals surface area (Å²) in [5, 5.41) is 6.24. The van der Waals surface area contributed by atoms with Gasteiger partial charge < -0.3 is 10.6 Å². The molecule has 0 aromatic heterocycles. The van der Waals surface area contributed by atoms with Crippen LogP contribution in [-0.4, -0.2) is 19.0 Å². The van der Waals surface area contributed by atoms with Crippen LogP contribution in [-0.2, 0) is 4.79 Å². The maximum atomic E-state index is 11.8. The fourth-order valence-corrected chi connectivity index (χ4v) is 2.22. The van der Waals surface area contributed by atoms with Crippen molar-refractivity contribution >= 4 is 11.6 Å². The Morgan fingerprint density at radius 1 is 1.50 bits per heavy atom. The van der Waals surface area contributed by atoms with Crippen LogP contribution in [0.1, 0.15) is 31.2 Å². The summed E-state index contributed by atoms with van der Waals surface area (Å²) in [5.74, 6) is 6.15. The molecule has 94 valence electrons. The molecule has 0 bridgehead atoms. The molecule has 1 aliphatic rings. The molecule has 1 aromatic carbocycles. The maximum absolute atomic E-state index is 11.8. The Morgan fingerprint density at radius 3 is 3.17 bits per heavy atom. The molecule has 0 saturated carbocycles. The first kappa shape index (κ1) is 12.5. The zero-order valence-electron chi connectivity index (χ0n) is 10.6. The minimum Gasteiger partial charge on any atom is -0.384 e. The third kappa shape index (κ3) is 3.04. The number of rotatable bonds is 4. The van der Waals surface area contributed by atoms with Crippen molar-refractivity contribution in [1.29, 1.82) is 0 Å². The summed E-state index contributed by atoms with van der Waals surface area (Å²) < 4.78 is 0. The number of hydrogen-bond acceptors (Lipinski definition) is 2. The van der Waals surface area contributed by atoms with E-state index in [-0.39, 0.29) is 5.91 Å². The molecule has 18 heavy (non-hydrogen) atoms. The second kappa shape index (κ2) is 6.11. The van der Waals surface area contributed by atoms with E-state index in [0.717, 1.165) is 18.7 Å². The molecule has 0 saturated heterocycles. The molecule has 3 nitrogen and oxygen atoms in total. The highest BCUT2D eigenvalue weighted by Crippen LogP contribution is 2.32. The first-order valence-corrected chi connectivity index (χ1v) is 6.30. The van der Waals surface area contributed by atoms with Gasteiger partial charge >= 0.3 is 0 Å². The Kier molecular flexibility index (Phi) is 4.25. The van der Waals surface area contributed by atoms with Crippen LogP contribution in [0, 0.1) is 11.8 Å². The van der Waals surface area contributed by atoms with E-state index in [1.54, 1.807) is 0 Å². The highest BCUT2D eigenvalue weighted by Gasteiger charge is 2.23. The molecule has 1 amide bonds. The highest BCUT2D eigenvalue weighted by atomic mass is 16.1. The average Bonchev–Trinajstić information content (AvgIpc) is 2.78. The maximum Gasteiger partial charge on any atom is 0.220 e. The lowest BCUT2D eigenvalue weighted by molar-refractivity contribution is -0.121. The van der Waals surface area contributed by atoms with E-state index in [4.69, 9.17) is 0 Å². The summed E-state index contributed by atoms with van der Waals surface area (Å²) in [6, 6.07) is 8.19. The van der Waals surface area contributed by atoms with Gasteiger partial charge in [-0.2, -0.15) is 0 Å². The van der Waals surface area contributed by atoms with Crippen LogP contribution in [0.5, 0.6) is 0 Å².